The van der Waals surface area contributed by atoms with Gasteiger partial charge in [-0.1, -0.05) is 12.1 Å². The van der Waals surface area contributed by atoms with E-state index in [-0.39, 0.29) is 5.56 Å². The van der Waals surface area contributed by atoms with Crippen molar-refractivity contribution in [2.45, 2.75) is 13.2 Å². The number of anilines is 1. The molecule has 92 valence electrons. The molecule has 0 spiro atoms. The normalized spacial score (nSPS) is 14.3. The summed E-state index contributed by atoms with van der Waals surface area (Å²) >= 11 is 0. The number of aromatic nitrogens is 2. The van der Waals surface area contributed by atoms with Crippen molar-refractivity contribution in [1.82, 2.24) is 9.97 Å². The van der Waals surface area contributed by atoms with Crippen LogP contribution in [0.1, 0.15) is 11.1 Å². The van der Waals surface area contributed by atoms with Crippen LogP contribution in [0.5, 0.6) is 0 Å². The zero-order valence-corrected chi connectivity index (χ0v) is 9.80. The maximum absolute atomic E-state index is 11.0. The number of hydrogen-bond acceptors (Lipinski definition) is 4. The second kappa shape index (κ2) is 4.62. The van der Waals surface area contributed by atoms with Crippen LogP contribution in [-0.4, -0.2) is 16.7 Å². The SMILES string of the molecule is O=c1ccc(CN2COCc3cccnc32)c[nH]1. The summed E-state index contributed by atoms with van der Waals surface area (Å²) in [5.41, 5.74) is 2.03. The Morgan fingerprint density at radius 3 is 3.17 bits per heavy atom. The maximum atomic E-state index is 11.0. The standard InChI is InChI=1S/C13H13N3O2/c17-12-4-3-10(6-15-12)7-16-9-18-8-11-2-1-5-14-13(11)16/h1-6H,7-9H2,(H,15,17). The van der Waals surface area contributed by atoms with E-state index in [0.29, 0.717) is 19.9 Å². The fraction of sp³-hybridized carbons (Fsp3) is 0.231. The first-order valence-corrected chi connectivity index (χ1v) is 5.77. The van der Waals surface area contributed by atoms with Crippen molar-refractivity contribution in [3.63, 3.8) is 0 Å². The van der Waals surface area contributed by atoms with Crippen LogP contribution in [0.4, 0.5) is 5.82 Å². The first-order valence-electron chi connectivity index (χ1n) is 5.77. The van der Waals surface area contributed by atoms with Gasteiger partial charge in [0, 0.05) is 30.6 Å². The molecule has 0 aliphatic carbocycles. The second-order valence-corrected chi connectivity index (χ2v) is 4.22. The Bertz CT molecular complexity index is 589. The molecule has 5 heteroatoms. The van der Waals surface area contributed by atoms with Crippen LogP contribution >= 0.6 is 0 Å². The molecule has 3 heterocycles. The van der Waals surface area contributed by atoms with Crippen molar-refractivity contribution in [3.05, 3.63) is 58.1 Å². The van der Waals surface area contributed by atoms with Gasteiger partial charge in [-0.15, -0.1) is 0 Å². The van der Waals surface area contributed by atoms with Crippen LogP contribution < -0.4 is 10.5 Å². The Hall–Kier alpha value is -2.14. The number of fused-ring (bicyclic) bond motifs is 1. The number of rotatable bonds is 2. The molecule has 0 bridgehead atoms. The number of nitrogens with one attached hydrogen (secondary N) is 1. The van der Waals surface area contributed by atoms with E-state index < -0.39 is 0 Å². The average molecular weight is 243 g/mol. The van der Waals surface area contributed by atoms with Gasteiger partial charge in [-0.05, 0) is 11.6 Å². The Labute approximate surface area is 104 Å². The smallest absolute Gasteiger partial charge is 0.247 e. The topological polar surface area (TPSA) is 58.2 Å². The predicted molar refractivity (Wildman–Crippen MR) is 67.1 cm³/mol. The minimum Gasteiger partial charge on any atom is -0.356 e. The van der Waals surface area contributed by atoms with Crippen molar-refractivity contribution in [2.24, 2.45) is 0 Å². The number of pyridine rings is 2. The van der Waals surface area contributed by atoms with Crippen molar-refractivity contribution in [2.75, 3.05) is 11.6 Å². The molecule has 0 amide bonds. The molecule has 0 saturated carbocycles. The van der Waals surface area contributed by atoms with E-state index in [4.69, 9.17) is 4.74 Å². The molecule has 0 unspecified atom stereocenters. The monoisotopic (exact) mass is 243 g/mol. The van der Waals surface area contributed by atoms with Gasteiger partial charge < -0.3 is 14.6 Å². The molecule has 1 N–H and O–H groups in total. The molecule has 0 radical (unpaired) electrons. The quantitative estimate of drug-likeness (QED) is 0.862. The lowest BCUT2D eigenvalue weighted by molar-refractivity contribution is 0.108. The number of H-pyrrole nitrogens is 1. The van der Waals surface area contributed by atoms with Gasteiger partial charge in [0.1, 0.15) is 12.5 Å². The van der Waals surface area contributed by atoms with E-state index in [2.05, 4.69) is 9.97 Å². The van der Waals surface area contributed by atoms with Crippen LogP contribution in [0.3, 0.4) is 0 Å². The van der Waals surface area contributed by atoms with Crippen molar-refractivity contribution < 1.29 is 4.74 Å². The summed E-state index contributed by atoms with van der Waals surface area (Å²) in [7, 11) is 0. The minimum atomic E-state index is -0.0906. The molecule has 0 aromatic carbocycles. The van der Waals surface area contributed by atoms with Gasteiger partial charge in [-0.2, -0.15) is 0 Å². The molecule has 0 fully saturated rings. The van der Waals surface area contributed by atoms with Crippen LogP contribution in [0.2, 0.25) is 0 Å². The van der Waals surface area contributed by atoms with Crippen LogP contribution in [-0.2, 0) is 17.9 Å². The van der Waals surface area contributed by atoms with Gasteiger partial charge in [-0.25, -0.2) is 4.98 Å². The van der Waals surface area contributed by atoms with E-state index in [9.17, 15) is 4.79 Å². The number of nitrogens with zero attached hydrogens (tertiary/aromatic N) is 2. The highest BCUT2D eigenvalue weighted by Crippen LogP contribution is 2.23. The van der Waals surface area contributed by atoms with E-state index >= 15 is 0 Å². The Kier molecular flexibility index (Phi) is 2.82. The summed E-state index contributed by atoms with van der Waals surface area (Å²) < 4.78 is 5.52. The fourth-order valence-electron chi connectivity index (χ4n) is 2.04. The first kappa shape index (κ1) is 11.0. The Balaban J connectivity index is 1.86. The molecule has 0 atom stereocenters. The molecule has 2 aromatic heterocycles. The Morgan fingerprint density at radius 2 is 2.33 bits per heavy atom. The second-order valence-electron chi connectivity index (χ2n) is 4.22. The molecule has 0 saturated heterocycles. The van der Waals surface area contributed by atoms with Gasteiger partial charge >= 0.3 is 0 Å². The molecule has 5 nitrogen and oxygen atoms in total. The molecule has 3 rings (SSSR count). The van der Waals surface area contributed by atoms with E-state index in [1.807, 2.05) is 23.1 Å². The molecule has 18 heavy (non-hydrogen) atoms. The van der Waals surface area contributed by atoms with Crippen molar-refractivity contribution in [3.8, 4) is 0 Å². The predicted octanol–water partition coefficient (Wildman–Crippen LogP) is 1.26. The van der Waals surface area contributed by atoms with Crippen molar-refractivity contribution in [1.29, 1.82) is 0 Å². The fourth-order valence-corrected chi connectivity index (χ4v) is 2.04. The molecular formula is C13H13N3O2. The first-order chi connectivity index (χ1) is 8.83. The van der Waals surface area contributed by atoms with Crippen LogP contribution in [0, 0.1) is 0 Å². The van der Waals surface area contributed by atoms with Gasteiger partial charge in [0.15, 0.2) is 0 Å². The molecule has 1 aliphatic rings. The van der Waals surface area contributed by atoms with Gasteiger partial charge in [-0.3, -0.25) is 4.79 Å². The van der Waals surface area contributed by atoms with Gasteiger partial charge in [0.25, 0.3) is 0 Å². The van der Waals surface area contributed by atoms with E-state index in [1.165, 1.54) is 6.07 Å². The number of aromatic amines is 1. The summed E-state index contributed by atoms with van der Waals surface area (Å²) in [5.74, 6) is 0.954. The van der Waals surface area contributed by atoms with Crippen LogP contribution in [0.15, 0.2) is 41.5 Å². The highest BCUT2D eigenvalue weighted by atomic mass is 16.5. The molecule has 1 aliphatic heterocycles. The highest BCUT2D eigenvalue weighted by Gasteiger charge is 2.18. The third-order valence-electron chi connectivity index (χ3n) is 2.89. The zero-order chi connectivity index (χ0) is 12.4. The Morgan fingerprint density at radius 1 is 1.39 bits per heavy atom. The minimum absolute atomic E-state index is 0.0906. The highest BCUT2D eigenvalue weighted by molar-refractivity contribution is 5.47. The number of hydrogen-bond donors (Lipinski definition) is 1. The zero-order valence-electron chi connectivity index (χ0n) is 9.80. The molecule has 2 aromatic rings. The number of ether oxygens (including phenoxy) is 1. The average Bonchev–Trinajstić information content (AvgIpc) is 2.42. The molecular weight excluding hydrogens is 230 g/mol. The third kappa shape index (κ3) is 2.12. The summed E-state index contributed by atoms with van der Waals surface area (Å²) in [6.45, 7) is 1.79. The lowest BCUT2D eigenvalue weighted by Crippen LogP contribution is -2.31. The summed E-state index contributed by atoms with van der Waals surface area (Å²) in [4.78, 5) is 20.1. The van der Waals surface area contributed by atoms with E-state index in [1.54, 1.807) is 12.4 Å². The van der Waals surface area contributed by atoms with Crippen molar-refractivity contribution >= 4 is 5.82 Å². The maximum Gasteiger partial charge on any atom is 0.247 e. The third-order valence-corrected chi connectivity index (χ3v) is 2.89. The lowest BCUT2D eigenvalue weighted by Gasteiger charge is -2.29. The van der Waals surface area contributed by atoms with Gasteiger partial charge in [0.05, 0.1) is 6.61 Å². The summed E-state index contributed by atoms with van der Waals surface area (Å²) in [5, 5.41) is 0. The van der Waals surface area contributed by atoms with E-state index in [0.717, 1.165) is 16.9 Å². The van der Waals surface area contributed by atoms with Gasteiger partial charge in [0.2, 0.25) is 5.56 Å². The largest absolute Gasteiger partial charge is 0.356 e. The summed E-state index contributed by atoms with van der Waals surface area (Å²) in [6.07, 6.45) is 3.50. The summed E-state index contributed by atoms with van der Waals surface area (Å²) in [6, 6.07) is 7.27. The van der Waals surface area contributed by atoms with Crippen LogP contribution in [0.25, 0.3) is 0 Å². The lowest BCUT2D eigenvalue weighted by atomic mass is 10.2.